The first-order chi connectivity index (χ1) is 9.10. The topological polar surface area (TPSA) is 35.5 Å². The molecule has 0 amide bonds. The van der Waals surface area contributed by atoms with Gasteiger partial charge in [-0.05, 0) is 24.1 Å². The van der Waals surface area contributed by atoms with Gasteiger partial charge in [0, 0.05) is 6.61 Å². The number of rotatable bonds is 7. The number of carbonyl (C=O) groups excluding carboxylic acids is 1. The molecule has 0 bridgehead atoms. The first-order valence-electron chi connectivity index (χ1n) is 6.20. The van der Waals surface area contributed by atoms with Crippen LogP contribution in [0.2, 0.25) is 10.0 Å². The maximum absolute atomic E-state index is 11.8. The highest BCUT2D eigenvalue weighted by atomic mass is 35.5. The fourth-order valence-electron chi connectivity index (χ4n) is 1.62. The van der Waals surface area contributed by atoms with Crippen molar-refractivity contribution in [3.63, 3.8) is 0 Å². The molecule has 0 N–H and O–H groups in total. The molecule has 1 rings (SSSR count). The molecule has 3 nitrogen and oxygen atoms in total. The molecule has 106 valence electrons. The Bertz CT molecular complexity index is 421. The lowest BCUT2D eigenvalue weighted by molar-refractivity contribution is -0.144. The van der Waals surface area contributed by atoms with Crippen molar-refractivity contribution in [3.8, 4) is 0 Å². The van der Waals surface area contributed by atoms with Gasteiger partial charge in [0.15, 0.2) is 0 Å². The maximum atomic E-state index is 11.8. The monoisotopic (exact) mass is 304 g/mol. The molecule has 19 heavy (non-hydrogen) atoms. The van der Waals surface area contributed by atoms with Crippen LogP contribution in [0.25, 0.3) is 0 Å². The SMILES string of the molecule is CCCCOCC(C(=O)OC)c1ccc(Cl)c(Cl)c1. The van der Waals surface area contributed by atoms with Crippen molar-refractivity contribution in [1.82, 2.24) is 0 Å². The van der Waals surface area contributed by atoms with Crippen LogP contribution < -0.4 is 0 Å². The lowest BCUT2D eigenvalue weighted by Gasteiger charge is -2.16. The van der Waals surface area contributed by atoms with Crippen LogP contribution in [0.5, 0.6) is 0 Å². The van der Waals surface area contributed by atoms with Gasteiger partial charge in [-0.3, -0.25) is 4.79 Å². The van der Waals surface area contributed by atoms with E-state index in [1.54, 1.807) is 18.2 Å². The Morgan fingerprint density at radius 1 is 1.32 bits per heavy atom. The summed E-state index contributed by atoms with van der Waals surface area (Å²) in [7, 11) is 1.36. The second-order valence-electron chi connectivity index (χ2n) is 4.18. The molecule has 0 aliphatic carbocycles. The van der Waals surface area contributed by atoms with Crippen LogP contribution in [-0.4, -0.2) is 26.3 Å². The van der Waals surface area contributed by atoms with Gasteiger partial charge in [0.1, 0.15) is 5.92 Å². The summed E-state index contributed by atoms with van der Waals surface area (Å²) in [5, 5.41) is 0.877. The fraction of sp³-hybridized carbons (Fsp3) is 0.500. The molecule has 0 aliphatic rings. The second-order valence-corrected chi connectivity index (χ2v) is 4.99. The first kappa shape index (κ1) is 16.3. The Balaban J connectivity index is 2.78. The summed E-state index contributed by atoms with van der Waals surface area (Å²) in [5.74, 6) is -0.813. The molecular formula is C14H18Cl2O3. The highest BCUT2D eigenvalue weighted by Gasteiger charge is 2.22. The van der Waals surface area contributed by atoms with Gasteiger partial charge in [-0.1, -0.05) is 42.6 Å². The number of ether oxygens (including phenoxy) is 2. The molecule has 0 spiro atoms. The summed E-state index contributed by atoms with van der Waals surface area (Å²) >= 11 is 11.8. The lowest BCUT2D eigenvalue weighted by Crippen LogP contribution is -2.20. The summed E-state index contributed by atoms with van der Waals surface area (Å²) < 4.78 is 10.3. The van der Waals surface area contributed by atoms with Crippen LogP contribution in [-0.2, 0) is 14.3 Å². The Morgan fingerprint density at radius 3 is 2.63 bits per heavy atom. The van der Waals surface area contributed by atoms with E-state index in [1.807, 2.05) is 0 Å². The normalized spacial score (nSPS) is 12.2. The fourth-order valence-corrected chi connectivity index (χ4v) is 1.93. The maximum Gasteiger partial charge on any atom is 0.315 e. The molecule has 0 heterocycles. The summed E-state index contributed by atoms with van der Waals surface area (Å²) in [4.78, 5) is 11.8. The van der Waals surface area contributed by atoms with Gasteiger partial charge < -0.3 is 9.47 Å². The second kappa shape index (κ2) is 8.41. The zero-order chi connectivity index (χ0) is 14.3. The van der Waals surface area contributed by atoms with Gasteiger partial charge in [0.05, 0.1) is 23.8 Å². The predicted octanol–water partition coefficient (Wildman–Crippen LogP) is 4.07. The number of hydrogen-bond acceptors (Lipinski definition) is 3. The third kappa shape index (κ3) is 5.01. The van der Waals surface area contributed by atoms with E-state index >= 15 is 0 Å². The van der Waals surface area contributed by atoms with Gasteiger partial charge in [-0.2, -0.15) is 0 Å². The van der Waals surface area contributed by atoms with Crippen LogP contribution in [0.4, 0.5) is 0 Å². The summed E-state index contributed by atoms with van der Waals surface area (Å²) in [6, 6.07) is 5.11. The van der Waals surface area contributed by atoms with Crippen LogP contribution in [0.1, 0.15) is 31.2 Å². The number of halogens is 2. The number of benzene rings is 1. The van der Waals surface area contributed by atoms with Crippen molar-refractivity contribution in [2.75, 3.05) is 20.3 Å². The Kier molecular flexibility index (Phi) is 7.21. The van der Waals surface area contributed by atoms with Crippen LogP contribution in [0.15, 0.2) is 18.2 Å². The van der Waals surface area contributed by atoms with Crippen molar-refractivity contribution < 1.29 is 14.3 Å². The van der Waals surface area contributed by atoms with E-state index in [1.165, 1.54) is 7.11 Å². The highest BCUT2D eigenvalue weighted by Crippen LogP contribution is 2.27. The number of unbranched alkanes of at least 4 members (excludes halogenated alkanes) is 1. The molecule has 1 atom stereocenters. The number of esters is 1. The van der Waals surface area contributed by atoms with Crippen LogP contribution in [0, 0.1) is 0 Å². The molecule has 1 unspecified atom stereocenters. The van der Waals surface area contributed by atoms with Gasteiger partial charge >= 0.3 is 5.97 Å². The number of methoxy groups -OCH3 is 1. The zero-order valence-corrected chi connectivity index (χ0v) is 12.6. The molecule has 5 heteroatoms. The number of carbonyl (C=O) groups is 1. The standard InChI is InChI=1S/C14H18Cl2O3/c1-3-4-7-19-9-11(14(17)18-2)10-5-6-12(15)13(16)8-10/h5-6,8,11H,3-4,7,9H2,1-2H3. The van der Waals surface area contributed by atoms with E-state index < -0.39 is 5.92 Å². The third-order valence-electron chi connectivity index (χ3n) is 2.76. The Hall–Kier alpha value is -0.770. The Morgan fingerprint density at radius 2 is 2.05 bits per heavy atom. The smallest absolute Gasteiger partial charge is 0.315 e. The number of hydrogen-bond donors (Lipinski definition) is 0. The lowest BCUT2D eigenvalue weighted by atomic mass is 10.0. The predicted molar refractivity (Wildman–Crippen MR) is 76.9 cm³/mol. The van der Waals surface area contributed by atoms with E-state index in [2.05, 4.69) is 6.92 Å². The summed E-state index contributed by atoms with van der Waals surface area (Å²) in [6.07, 6.45) is 2.02. The molecule has 0 saturated carbocycles. The van der Waals surface area contributed by atoms with Crippen molar-refractivity contribution in [2.45, 2.75) is 25.7 Å². The molecule has 0 saturated heterocycles. The molecule has 1 aromatic carbocycles. The molecule has 0 radical (unpaired) electrons. The molecule has 1 aromatic rings. The van der Waals surface area contributed by atoms with E-state index in [4.69, 9.17) is 32.7 Å². The average molecular weight is 305 g/mol. The Labute approximate surface area is 123 Å². The van der Waals surface area contributed by atoms with Gasteiger partial charge in [0.25, 0.3) is 0 Å². The highest BCUT2D eigenvalue weighted by molar-refractivity contribution is 6.42. The zero-order valence-electron chi connectivity index (χ0n) is 11.1. The van der Waals surface area contributed by atoms with Crippen LogP contribution >= 0.6 is 23.2 Å². The van der Waals surface area contributed by atoms with Gasteiger partial charge in [-0.15, -0.1) is 0 Å². The minimum absolute atomic E-state index is 0.282. The van der Waals surface area contributed by atoms with E-state index in [0.717, 1.165) is 18.4 Å². The van der Waals surface area contributed by atoms with E-state index in [0.29, 0.717) is 16.7 Å². The van der Waals surface area contributed by atoms with Crippen molar-refractivity contribution in [1.29, 1.82) is 0 Å². The molecule has 0 aliphatic heterocycles. The van der Waals surface area contributed by atoms with Gasteiger partial charge in [-0.25, -0.2) is 0 Å². The minimum Gasteiger partial charge on any atom is -0.468 e. The largest absolute Gasteiger partial charge is 0.468 e. The summed E-state index contributed by atoms with van der Waals surface area (Å²) in [6.45, 7) is 3.00. The van der Waals surface area contributed by atoms with Crippen molar-refractivity contribution in [2.24, 2.45) is 0 Å². The van der Waals surface area contributed by atoms with Crippen LogP contribution in [0.3, 0.4) is 0 Å². The quantitative estimate of drug-likeness (QED) is 0.563. The molecular weight excluding hydrogens is 287 g/mol. The first-order valence-corrected chi connectivity index (χ1v) is 6.96. The molecule has 0 fully saturated rings. The molecule has 0 aromatic heterocycles. The summed E-state index contributed by atoms with van der Waals surface area (Å²) in [5.41, 5.74) is 0.748. The average Bonchev–Trinajstić information content (AvgIpc) is 2.41. The van der Waals surface area contributed by atoms with E-state index in [-0.39, 0.29) is 12.6 Å². The minimum atomic E-state index is -0.475. The van der Waals surface area contributed by atoms with Gasteiger partial charge in [0.2, 0.25) is 0 Å². The van der Waals surface area contributed by atoms with Crippen molar-refractivity contribution >= 4 is 29.2 Å². The van der Waals surface area contributed by atoms with E-state index in [9.17, 15) is 4.79 Å². The third-order valence-corrected chi connectivity index (χ3v) is 3.50. The van der Waals surface area contributed by atoms with Crippen molar-refractivity contribution in [3.05, 3.63) is 33.8 Å².